The second-order valence-corrected chi connectivity index (χ2v) is 5.46. The van der Waals surface area contributed by atoms with Crippen molar-refractivity contribution in [3.63, 3.8) is 0 Å². The maximum atomic E-state index is 5.80. The average molecular weight is 270 g/mol. The molecule has 1 heterocycles. The van der Waals surface area contributed by atoms with Crippen LogP contribution in [0, 0.1) is 0 Å². The fourth-order valence-electron chi connectivity index (χ4n) is 1.82. The zero-order chi connectivity index (χ0) is 14.5. The second kappa shape index (κ2) is 6.88. The molecule has 1 aromatic heterocycles. The Morgan fingerprint density at radius 1 is 1.47 bits per heavy atom. The van der Waals surface area contributed by atoms with Gasteiger partial charge in [0.1, 0.15) is 5.69 Å². The summed E-state index contributed by atoms with van der Waals surface area (Å²) >= 11 is 0. The molecular formula is C13H26N4O2. The number of aryl methyl sites for hydroxylation is 1. The van der Waals surface area contributed by atoms with E-state index in [9.17, 15) is 0 Å². The Kier molecular flexibility index (Phi) is 5.78. The number of rotatable bonds is 7. The van der Waals surface area contributed by atoms with Crippen molar-refractivity contribution >= 4 is 0 Å². The quantitative estimate of drug-likeness (QED) is 0.582. The summed E-state index contributed by atoms with van der Waals surface area (Å²) in [6.45, 7) is 9.44. The minimum Gasteiger partial charge on any atom is -0.493 e. The fraction of sp³-hybridized carbons (Fsp3) is 0.769. The molecule has 0 bridgehead atoms. The van der Waals surface area contributed by atoms with Crippen molar-refractivity contribution in [3.05, 3.63) is 11.9 Å². The van der Waals surface area contributed by atoms with E-state index >= 15 is 0 Å². The number of nitrogens with two attached hydrogens (primary N) is 1. The summed E-state index contributed by atoms with van der Waals surface area (Å²) in [6, 6.07) is -0.150. The Morgan fingerprint density at radius 3 is 2.63 bits per heavy atom. The molecule has 19 heavy (non-hydrogen) atoms. The molecule has 3 N–H and O–H groups in total. The van der Waals surface area contributed by atoms with Crippen LogP contribution in [0.1, 0.15) is 45.9 Å². The standard InChI is InChI=1S/C13H26N4O2/c1-6-7-17-12(11(18-5)8-15-17)10(16-14)9-19-13(2,3)4/h8,10,16H,6-7,9,14H2,1-5H3. The van der Waals surface area contributed by atoms with Crippen molar-refractivity contribution in [2.24, 2.45) is 5.84 Å². The molecule has 0 saturated heterocycles. The number of nitrogens with zero attached hydrogens (tertiary/aromatic N) is 2. The van der Waals surface area contributed by atoms with Crippen molar-refractivity contribution in [1.29, 1.82) is 0 Å². The van der Waals surface area contributed by atoms with Gasteiger partial charge in [0.15, 0.2) is 5.75 Å². The Labute approximate surface area is 115 Å². The Hall–Kier alpha value is -1.11. The van der Waals surface area contributed by atoms with Crippen LogP contribution in [0.5, 0.6) is 5.75 Å². The molecule has 0 aliphatic carbocycles. The summed E-state index contributed by atoms with van der Waals surface area (Å²) in [4.78, 5) is 0. The van der Waals surface area contributed by atoms with Gasteiger partial charge in [-0.2, -0.15) is 5.10 Å². The summed E-state index contributed by atoms with van der Waals surface area (Å²) < 4.78 is 13.1. The molecule has 1 unspecified atom stereocenters. The maximum Gasteiger partial charge on any atom is 0.161 e. The number of methoxy groups -OCH3 is 1. The first-order valence-corrected chi connectivity index (χ1v) is 6.62. The first-order chi connectivity index (χ1) is 8.92. The Balaban J connectivity index is 2.92. The first-order valence-electron chi connectivity index (χ1n) is 6.62. The topological polar surface area (TPSA) is 74.3 Å². The van der Waals surface area contributed by atoms with Crippen molar-refractivity contribution in [2.45, 2.75) is 52.3 Å². The molecule has 0 spiro atoms. The summed E-state index contributed by atoms with van der Waals surface area (Å²) in [7, 11) is 1.63. The van der Waals surface area contributed by atoms with Gasteiger partial charge in [0, 0.05) is 6.54 Å². The molecule has 6 nitrogen and oxygen atoms in total. The molecule has 0 aliphatic rings. The Bertz CT molecular complexity index is 384. The number of ether oxygens (including phenoxy) is 2. The van der Waals surface area contributed by atoms with Crippen LogP contribution in [0.2, 0.25) is 0 Å². The molecule has 1 aromatic rings. The fourth-order valence-corrected chi connectivity index (χ4v) is 1.82. The van der Waals surface area contributed by atoms with Crippen LogP contribution in [0.25, 0.3) is 0 Å². The molecule has 0 radical (unpaired) electrons. The van der Waals surface area contributed by atoms with Gasteiger partial charge in [-0.25, -0.2) is 5.43 Å². The predicted molar refractivity (Wildman–Crippen MR) is 74.8 cm³/mol. The second-order valence-electron chi connectivity index (χ2n) is 5.46. The molecule has 1 atom stereocenters. The van der Waals surface area contributed by atoms with E-state index in [0.717, 1.165) is 24.4 Å². The zero-order valence-electron chi connectivity index (χ0n) is 12.6. The third-order valence-corrected chi connectivity index (χ3v) is 2.71. The molecule has 0 aromatic carbocycles. The van der Waals surface area contributed by atoms with Gasteiger partial charge in [-0.3, -0.25) is 10.5 Å². The summed E-state index contributed by atoms with van der Waals surface area (Å²) in [5, 5.41) is 4.33. The lowest BCUT2D eigenvalue weighted by Crippen LogP contribution is -2.36. The van der Waals surface area contributed by atoms with Gasteiger partial charge in [-0.15, -0.1) is 0 Å². The number of aromatic nitrogens is 2. The first kappa shape index (κ1) is 15.9. The molecule has 0 amide bonds. The van der Waals surface area contributed by atoms with Gasteiger partial charge >= 0.3 is 0 Å². The highest BCUT2D eigenvalue weighted by atomic mass is 16.5. The monoisotopic (exact) mass is 270 g/mol. The van der Waals surface area contributed by atoms with Crippen LogP contribution in [-0.2, 0) is 11.3 Å². The zero-order valence-corrected chi connectivity index (χ0v) is 12.6. The van der Waals surface area contributed by atoms with E-state index in [2.05, 4.69) is 17.4 Å². The van der Waals surface area contributed by atoms with Crippen LogP contribution in [0.15, 0.2) is 6.20 Å². The van der Waals surface area contributed by atoms with Gasteiger partial charge in [-0.1, -0.05) is 6.92 Å². The van der Waals surface area contributed by atoms with Gasteiger partial charge < -0.3 is 9.47 Å². The molecule has 110 valence electrons. The van der Waals surface area contributed by atoms with Crippen LogP contribution < -0.4 is 16.0 Å². The lowest BCUT2D eigenvalue weighted by atomic mass is 10.1. The van der Waals surface area contributed by atoms with Gasteiger partial charge in [-0.05, 0) is 27.2 Å². The SMILES string of the molecule is CCCn1ncc(OC)c1C(COC(C)(C)C)NN. The minimum absolute atomic E-state index is 0.150. The highest BCUT2D eigenvalue weighted by molar-refractivity contribution is 5.28. The van der Waals surface area contributed by atoms with Crippen LogP contribution in [-0.4, -0.2) is 29.1 Å². The third-order valence-electron chi connectivity index (χ3n) is 2.71. The van der Waals surface area contributed by atoms with Crippen LogP contribution in [0.4, 0.5) is 0 Å². The average Bonchev–Trinajstić information content (AvgIpc) is 2.73. The highest BCUT2D eigenvalue weighted by Gasteiger charge is 2.23. The number of hydrogen-bond donors (Lipinski definition) is 2. The van der Waals surface area contributed by atoms with E-state index in [1.807, 2.05) is 25.5 Å². The van der Waals surface area contributed by atoms with Gasteiger partial charge in [0.05, 0.1) is 31.6 Å². The predicted octanol–water partition coefficient (Wildman–Crippen LogP) is 1.62. The van der Waals surface area contributed by atoms with Crippen molar-refractivity contribution in [2.75, 3.05) is 13.7 Å². The third kappa shape index (κ3) is 4.49. The van der Waals surface area contributed by atoms with E-state index in [1.54, 1.807) is 13.3 Å². The number of nitrogens with one attached hydrogen (secondary N) is 1. The molecule has 0 saturated carbocycles. The lowest BCUT2D eigenvalue weighted by Gasteiger charge is -2.25. The number of hydrogen-bond acceptors (Lipinski definition) is 5. The summed E-state index contributed by atoms with van der Waals surface area (Å²) in [5.74, 6) is 6.39. The normalized spacial score (nSPS) is 13.6. The van der Waals surface area contributed by atoms with Gasteiger partial charge in [0.25, 0.3) is 0 Å². The largest absolute Gasteiger partial charge is 0.493 e. The Morgan fingerprint density at radius 2 is 2.16 bits per heavy atom. The molecular weight excluding hydrogens is 244 g/mol. The molecule has 0 fully saturated rings. The minimum atomic E-state index is -0.210. The van der Waals surface area contributed by atoms with E-state index in [0.29, 0.717) is 6.61 Å². The van der Waals surface area contributed by atoms with E-state index in [1.165, 1.54) is 0 Å². The summed E-state index contributed by atoms with van der Waals surface area (Å²) in [5.41, 5.74) is 3.50. The van der Waals surface area contributed by atoms with Gasteiger partial charge in [0.2, 0.25) is 0 Å². The molecule has 6 heteroatoms. The van der Waals surface area contributed by atoms with Crippen molar-refractivity contribution in [3.8, 4) is 5.75 Å². The van der Waals surface area contributed by atoms with E-state index < -0.39 is 0 Å². The molecule has 1 rings (SSSR count). The lowest BCUT2D eigenvalue weighted by molar-refractivity contribution is -0.0161. The van der Waals surface area contributed by atoms with Crippen molar-refractivity contribution in [1.82, 2.24) is 15.2 Å². The number of hydrazine groups is 1. The van der Waals surface area contributed by atoms with E-state index in [4.69, 9.17) is 15.3 Å². The maximum absolute atomic E-state index is 5.80. The van der Waals surface area contributed by atoms with Crippen molar-refractivity contribution < 1.29 is 9.47 Å². The summed E-state index contributed by atoms with van der Waals surface area (Å²) in [6.07, 6.45) is 2.71. The van der Waals surface area contributed by atoms with E-state index in [-0.39, 0.29) is 11.6 Å². The highest BCUT2D eigenvalue weighted by Crippen LogP contribution is 2.26. The smallest absolute Gasteiger partial charge is 0.161 e. The van der Waals surface area contributed by atoms with Crippen LogP contribution >= 0.6 is 0 Å². The van der Waals surface area contributed by atoms with Crippen LogP contribution in [0.3, 0.4) is 0 Å². The molecule has 0 aliphatic heterocycles.